The molecule has 0 heterocycles. The molecule has 2 nitrogen and oxygen atoms in total. The zero-order valence-corrected chi connectivity index (χ0v) is 12.0. The molecule has 0 bridgehead atoms. The highest BCUT2D eigenvalue weighted by atomic mass is 32.2. The van der Waals surface area contributed by atoms with Crippen molar-refractivity contribution in [2.75, 3.05) is 12.9 Å². The molecular formula is C14H23NOS. The Labute approximate surface area is 109 Å². The summed E-state index contributed by atoms with van der Waals surface area (Å²) in [6, 6.07) is 6.22. The van der Waals surface area contributed by atoms with Gasteiger partial charge in [-0.15, -0.1) is 0 Å². The Morgan fingerprint density at radius 2 is 2.12 bits per heavy atom. The van der Waals surface area contributed by atoms with Gasteiger partial charge in [0.25, 0.3) is 0 Å². The van der Waals surface area contributed by atoms with Crippen molar-refractivity contribution in [3.8, 4) is 5.75 Å². The van der Waals surface area contributed by atoms with Crippen LogP contribution in [0.2, 0.25) is 0 Å². The molecule has 1 rings (SSSR count). The molecule has 0 spiro atoms. The van der Waals surface area contributed by atoms with E-state index in [0.29, 0.717) is 5.25 Å². The summed E-state index contributed by atoms with van der Waals surface area (Å²) >= 11 is 1.94. The van der Waals surface area contributed by atoms with Crippen molar-refractivity contribution in [1.82, 2.24) is 0 Å². The smallest absolute Gasteiger partial charge is 0.119 e. The molecule has 0 amide bonds. The summed E-state index contributed by atoms with van der Waals surface area (Å²) in [5.74, 6) is 1.87. The molecule has 0 aliphatic carbocycles. The van der Waals surface area contributed by atoms with Gasteiger partial charge in [0.15, 0.2) is 0 Å². The standard InChI is InChI=1S/C14H23NOS/c1-5-11(3)17-9-14(15)13-7-6-12(16-4)8-10(13)2/h6-8,11,14H,5,9,15H2,1-4H3. The van der Waals surface area contributed by atoms with Crippen LogP contribution < -0.4 is 10.5 Å². The molecule has 1 aromatic carbocycles. The summed E-state index contributed by atoms with van der Waals surface area (Å²) < 4.78 is 5.20. The van der Waals surface area contributed by atoms with Gasteiger partial charge in [-0.05, 0) is 36.6 Å². The summed E-state index contributed by atoms with van der Waals surface area (Å²) in [4.78, 5) is 0. The van der Waals surface area contributed by atoms with Gasteiger partial charge in [-0.3, -0.25) is 0 Å². The first kappa shape index (κ1) is 14.4. The molecule has 0 aromatic heterocycles. The third-order valence-electron chi connectivity index (χ3n) is 3.01. The fourth-order valence-corrected chi connectivity index (χ4v) is 2.62. The second-order valence-corrected chi connectivity index (χ2v) is 5.85. The van der Waals surface area contributed by atoms with Crippen molar-refractivity contribution in [2.45, 2.75) is 38.5 Å². The number of benzene rings is 1. The van der Waals surface area contributed by atoms with Gasteiger partial charge in [-0.2, -0.15) is 11.8 Å². The minimum atomic E-state index is 0.111. The molecule has 0 fully saturated rings. The summed E-state index contributed by atoms with van der Waals surface area (Å²) in [5.41, 5.74) is 8.66. The summed E-state index contributed by atoms with van der Waals surface area (Å²) in [7, 11) is 1.69. The lowest BCUT2D eigenvalue weighted by Crippen LogP contribution is -2.15. The third kappa shape index (κ3) is 4.25. The molecular weight excluding hydrogens is 230 g/mol. The number of rotatable bonds is 6. The Morgan fingerprint density at radius 3 is 2.65 bits per heavy atom. The van der Waals surface area contributed by atoms with E-state index in [1.165, 1.54) is 17.5 Å². The van der Waals surface area contributed by atoms with Gasteiger partial charge in [-0.1, -0.05) is 19.9 Å². The van der Waals surface area contributed by atoms with Crippen LogP contribution in [-0.2, 0) is 0 Å². The maximum absolute atomic E-state index is 6.23. The second-order valence-electron chi connectivity index (χ2n) is 4.38. The maximum Gasteiger partial charge on any atom is 0.119 e. The largest absolute Gasteiger partial charge is 0.497 e. The maximum atomic E-state index is 6.23. The van der Waals surface area contributed by atoms with E-state index in [-0.39, 0.29) is 6.04 Å². The Morgan fingerprint density at radius 1 is 1.41 bits per heavy atom. The lowest BCUT2D eigenvalue weighted by Gasteiger charge is -2.17. The van der Waals surface area contributed by atoms with Crippen molar-refractivity contribution >= 4 is 11.8 Å². The van der Waals surface area contributed by atoms with Crippen molar-refractivity contribution in [3.05, 3.63) is 29.3 Å². The molecule has 1 aromatic rings. The molecule has 96 valence electrons. The van der Waals surface area contributed by atoms with Crippen LogP contribution >= 0.6 is 11.8 Å². The minimum absolute atomic E-state index is 0.111. The van der Waals surface area contributed by atoms with Gasteiger partial charge >= 0.3 is 0 Å². The molecule has 0 saturated heterocycles. The monoisotopic (exact) mass is 253 g/mol. The normalized spacial score (nSPS) is 14.4. The van der Waals surface area contributed by atoms with Crippen molar-refractivity contribution in [2.24, 2.45) is 5.73 Å². The summed E-state index contributed by atoms with van der Waals surface area (Å²) in [6.07, 6.45) is 1.19. The molecule has 3 heteroatoms. The average Bonchev–Trinajstić information content (AvgIpc) is 2.35. The molecule has 2 atom stereocenters. The van der Waals surface area contributed by atoms with Gasteiger partial charge in [0.2, 0.25) is 0 Å². The van der Waals surface area contributed by atoms with Crippen LogP contribution in [0.15, 0.2) is 18.2 Å². The number of ether oxygens (including phenoxy) is 1. The molecule has 2 unspecified atom stereocenters. The Hall–Kier alpha value is -0.670. The molecule has 0 saturated carbocycles. The Bertz CT molecular complexity index is 354. The Balaban J connectivity index is 2.65. The molecule has 0 radical (unpaired) electrons. The first-order valence-corrected chi connectivity index (χ1v) is 7.15. The van der Waals surface area contributed by atoms with E-state index < -0.39 is 0 Å². The van der Waals surface area contributed by atoms with Crippen molar-refractivity contribution in [1.29, 1.82) is 0 Å². The van der Waals surface area contributed by atoms with Crippen LogP contribution in [0.25, 0.3) is 0 Å². The van der Waals surface area contributed by atoms with Crippen LogP contribution in [0.4, 0.5) is 0 Å². The predicted octanol–water partition coefficient (Wildman–Crippen LogP) is 3.54. The van der Waals surface area contributed by atoms with Crippen LogP contribution in [0, 0.1) is 6.92 Å². The van der Waals surface area contributed by atoms with Crippen LogP contribution in [0.1, 0.15) is 37.4 Å². The molecule has 0 aliphatic heterocycles. The van der Waals surface area contributed by atoms with E-state index in [1.807, 2.05) is 23.9 Å². The predicted molar refractivity (Wildman–Crippen MR) is 76.9 cm³/mol. The van der Waals surface area contributed by atoms with Gasteiger partial charge in [-0.25, -0.2) is 0 Å². The average molecular weight is 253 g/mol. The van der Waals surface area contributed by atoms with Gasteiger partial charge in [0, 0.05) is 17.0 Å². The van der Waals surface area contributed by atoms with Crippen molar-refractivity contribution in [3.63, 3.8) is 0 Å². The van der Waals surface area contributed by atoms with E-state index in [1.54, 1.807) is 7.11 Å². The lowest BCUT2D eigenvalue weighted by molar-refractivity contribution is 0.414. The number of nitrogens with two attached hydrogens (primary N) is 1. The highest BCUT2D eigenvalue weighted by molar-refractivity contribution is 7.99. The van der Waals surface area contributed by atoms with Crippen molar-refractivity contribution < 1.29 is 4.74 Å². The van der Waals surface area contributed by atoms with E-state index in [0.717, 1.165) is 11.5 Å². The Kier molecular flexibility index (Phi) is 5.86. The fraction of sp³-hybridized carbons (Fsp3) is 0.571. The first-order chi connectivity index (χ1) is 8.08. The van der Waals surface area contributed by atoms with E-state index in [4.69, 9.17) is 10.5 Å². The second kappa shape index (κ2) is 6.92. The topological polar surface area (TPSA) is 35.2 Å². The first-order valence-electron chi connectivity index (χ1n) is 6.10. The zero-order chi connectivity index (χ0) is 12.8. The van der Waals surface area contributed by atoms with Crippen LogP contribution in [0.3, 0.4) is 0 Å². The zero-order valence-electron chi connectivity index (χ0n) is 11.2. The van der Waals surface area contributed by atoms with Gasteiger partial charge in [0.1, 0.15) is 5.75 Å². The number of aryl methyl sites for hydroxylation is 1. The highest BCUT2D eigenvalue weighted by Crippen LogP contribution is 2.25. The molecule has 0 aliphatic rings. The van der Waals surface area contributed by atoms with Gasteiger partial charge in [0.05, 0.1) is 7.11 Å². The number of hydrogen-bond donors (Lipinski definition) is 1. The van der Waals surface area contributed by atoms with Crippen LogP contribution in [-0.4, -0.2) is 18.1 Å². The highest BCUT2D eigenvalue weighted by Gasteiger charge is 2.11. The fourth-order valence-electron chi connectivity index (χ4n) is 1.67. The summed E-state index contributed by atoms with van der Waals surface area (Å²) in [6.45, 7) is 6.55. The minimum Gasteiger partial charge on any atom is -0.497 e. The lowest BCUT2D eigenvalue weighted by atomic mass is 10.0. The van der Waals surface area contributed by atoms with E-state index >= 15 is 0 Å². The number of methoxy groups -OCH3 is 1. The number of hydrogen-bond acceptors (Lipinski definition) is 3. The summed E-state index contributed by atoms with van der Waals surface area (Å²) in [5, 5.41) is 0.680. The van der Waals surface area contributed by atoms with Gasteiger partial charge < -0.3 is 10.5 Å². The molecule has 2 N–H and O–H groups in total. The van der Waals surface area contributed by atoms with E-state index in [2.05, 4.69) is 26.8 Å². The molecule has 17 heavy (non-hydrogen) atoms. The number of thioether (sulfide) groups is 1. The van der Waals surface area contributed by atoms with Crippen LogP contribution in [0.5, 0.6) is 5.75 Å². The SMILES string of the molecule is CCC(C)SCC(N)c1ccc(OC)cc1C. The third-order valence-corrected chi connectivity index (χ3v) is 4.47. The quantitative estimate of drug-likeness (QED) is 0.842. The van der Waals surface area contributed by atoms with E-state index in [9.17, 15) is 0 Å².